The van der Waals surface area contributed by atoms with Gasteiger partial charge in [-0.1, -0.05) is 0 Å². The van der Waals surface area contributed by atoms with E-state index in [4.69, 9.17) is 5.26 Å². The Hall–Kier alpha value is -2.12. The number of Topliss-reactive ketones (excluding diaryl/α,β-unsaturated/α-hetero) is 1. The lowest BCUT2D eigenvalue weighted by molar-refractivity contribution is -0.118. The monoisotopic (exact) mass is 281 g/mol. The minimum absolute atomic E-state index is 0.262. The predicted molar refractivity (Wildman–Crippen MR) is 81.7 cm³/mol. The molecule has 1 aromatic carbocycles. The van der Waals surface area contributed by atoms with Gasteiger partial charge in [-0.2, -0.15) is 5.26 Å². The molecule has 3 rings (SSSR count). The third-order valence-electron chi connectivity index (χ3n) is 4.29. The molecule has 108 valence electrons. The van der Waals surface area contributed by atoms with Crippen LogP contribution in [0.4, 0.5) is 0 Å². The summed E-state index contributed by atoms with van der Waals surface area (Å²) in [4.78, 5) is 17.0. The Morgan fingerprint density at radius 3 is 3.14 bits per heavy atom. The van der Waals surface area contributed by atoms with Gasteiger partial charge in [-0.05, 0) is 50.1 Å². The molecule has 21 heavy (non-hydrogen) atoms. The lowest BCUT2D eigenvalue weighted by atomic mass is 10.1. The Morgan fingerprint density at radius 1 is 1.52 bits per heavy atom. The average molecular weight is 281 g/mol. The number of nitriles is 1. The van der Waals surface area contributed by atoms with Gasteiger partial charge in [-0.25, -0.2) is 0 Å². The van der Waals surface area contributed by atoms with E-state index >= 15 is 0 Å². The second-order valence-electron chi connectivity index (χ2n) is 5.86. The molecule has 1 aliphatic rings. The van der Waals surface area contributed by atoms with Crippen molar-refractivity contribution >= 4 is 16.7 Å². The molecule has 1 N–H and O–H groups in total. The van der Waals surface area contributed by atoms with Crippen molar-refractivity contribution < 1.29 is 4.79 Å². The number of hydrogen-bond donors (Lipinski definition) is 1. The van der Waals surface area contributed by atoms with Crippen LogP contribution in [0, 0.1) is 11.3 Å². The first-order valence-corrected chi connectivity index (χ1v) is 7.41. The highest BCUT2D eigenvalue weighted by atomic mass is 16.1. The Bertz CT molecular complexity index is 710. The largest absolute Gasteiger partial charge is 0.361 e. The van der Waals surface area contributed by atoms with E-state index in [9.17, 15) is 4.79 Å². The highest BCUT2D eigenvalue weighted by Gasteiger charge is 2.26. The number of hydrogen-bond acceptors (Lipinski definition) is 3. The summed E-state index contributed by atoms with van der Waals surface area (Å²) in [6.45, 7) is 3.55. The summed E-state index contributed by atoms with van der Waals surface area (Å²) in [5, 5.41) is 10.2. The van der Waals surface area contributed by atoms with Crippen molar-refractivity contribution in [3.63, 3.8) is 0 Å². The molecular weight excluding hydrogens is 262 g/mol. The molecule has 2 aromatic rings. The van der Waals surface area contributed by atoms with Crippen LogP contribution in [0.5, 0.6) is 0 Å². The number of aromatic nitrogens is 1. The SMILES string of the molecule is CC(=O)CC1CCCN1Cc1c[nH]c2ccc(C#N)cc12. The zero-order chi connectivity index (χ0) is 14.8. The van der Waals surface area contributed by atoms with E-state index in [2.05, 4.69) is 16.0 Å². The fourth-order valence-electron chi connectivity index (χ4n) is 3.26. The molecule has 0 radical (unpaired) electrons. The minimum atomic E-state index is 0.262. The number of fused-ring (bicyclic) bond motifs is 1. The third kappa shape index (κ3) is 2.84. The van der Waals surface area contributed by atoms with Crippen LogP contribution in [0.25, 0.3) is 10.9 Å². The van der Waals surface area contributed by atoms with Gasteiger partial charge in [0.1, 0.15) is 5.78 Å². The van der Waals surface area contributed by atoms with Gasteiger partial charge in [-0.3, -0.25) is 9.69 Å². The van der Waals surface area contributed by atoms with Gasteiger partial charge >= 0.3 is 0 Å². The van der Waals surface area contributed by atoms with Crippen LogP contribution in [-0.4, -0.2) is 28.3 Å². The molecule has 1 atom stereocenters. The molecule has 4 heteroatoms. The van der Waals surface area contributed by atoms with Crippen molar-refractivity contribution in [3.8, 4) is 6.07 Å². The molecule has 0 spiro atoms. The number of H-pyrrole nitrogens is 1. The molecule has 1 saturated heterocycles. The van der Waals surface area contributed by atoms with Gasteiger partial charge < -0.3 is 4.98 Å². The summed E-state index contributed by atoms with van der Waals surface area (Å²) in [6, 6.07) is 8.28. The third-order valence-corrected chi connectivity index (χ3v) is 4.29. The van der Waals surface area contributed by atoms with E-state index in [-0.39, 0.29) is 5.78 Å². The second kappa shape index (κ2) is 5.71. The number of carbonyl (C=O) groups excluding carboxylic acids is 1. The summed E-state index contributed by atoms with van der Waals surface area (Å²) in [6.07, 6.45) is 4.93. The fraction of sp³-hybridized carbons (Fsp3) is 0.412. The van der Waals surface area contributed by atoms with E-state index < -0.39 is 0 Å². The first-order chi connectivity index (χ1) is 10.2. The average Bonchev–Trinajstić information content (AvgIpc) is 3.06. The van der Waals surface area contributed by atoms with Crippen molar-refractivity contribution in [3.05, 3.63) is 35.5 Å². The van der Waals surface area contributed by atoms with Crippen molar-refractivity contribution in [2.45, 2.75) is 38.8 Å². The zero-order valence-corrected chi connectivity index (χ0v) is 12.2. The summed E-state index contributed by atoms with van der Waals surface area (Å²) >= 11 is 0. The van der Waals surface area contributed by atoms with Gasteiger partial charge in [-0.15, -0.1) is 0 Å². The number of nitrogens with one attached hydrogen (secondary N) is 1. The van der Waals surface area contributed by atoms with Gasteiger partial charge in [0.05, 0.1) is 11.6 Å². The lowest BCUT2D eigenvalue weighted by Gasteiger charge is -2.23. The Kier molecular flexibility index (Phi) is 3.76. The molecule has 0 bridgehead atoms. The van der Waals surface area contributed by atoms with Crippen LogP contribution < -0.4 is 0 Å². The molecule has 0 aliphatic carbocycles. The lowest BCUT2D eigenvalue weighted by Crippen LogP contribution is -2.30. The number of nitrogens with zero attached hydrogens (tertiary/aromatic N) is 2. The van der Waals surface area contributed by atoms with Crippen LogP contribution >= 0.6 is 0 Å². The number of carbonyl (C=O) groups is 1. The molecule has 4 nitrogen and oxygen atoms in total. The predicted octanol–water partition coefficient (Wildman–Crippen LogP) is 2.98. The first-order valence-electron chi connectivity index (χ1n) is 7.41. The Morgan fingerprint density at radius 2 is 2.38 bits per heavy atom. The number of ketones is 1. The number of likely N-dealkylation sites (tertiary alicyclic amines) is 1. The van der Waals surface area contributed by atoms with Gasteiger partial charge in [0, 0.05) is 36.1 Å². The maximum atomic E-state index is 11.4. The van der Waals surface area contributed by atoms with Crippen LogP contribution in [0.2, 0.25) is 0 Å². The number of benzene rings is 1. The van der Waals surface area contributed by atoms with E-state index in [1.165, 1.54) is 5.56 Å². The van der Waals surface area contributed by atoms with Crippen LogP contribution in [0.1, 0.15) is 37.3 Å². The summed E-state index contributed by atoms with van der Waals surface area (Å²) in [5.41, 5.74) is 2.95. The maximum Gasteiger partial charge on any atom is 0.131 e. The first kappa shape index (κ1) is 13.8. The standard InChI is InChI=1S/C17H19N3O/c1-12(21)7-15-3-2-6-20(15)11-14-10-19-17-5-4-13(9-18)8-16(14)17/h4-5,8,10,15,19H,2-3,6-7,11H2,1H3. The van der Waals surface area contributed by atoms with Crippen molar-refractivity contribution in [1.82, 2.24) is 9.88 Å². The molecule has 1 aliphatic heterocycles. The van der Waals surface area contributed by atoms with Gasteiger partial charge in [0.2, 0.25) is 0 Å². The number of rotatable bonds is 4. The van der Waals surface area contributed by atoms with E-state index in [1.54, 1.807) is 6.92 Å². The highest BCUT2D eigenvalue weighted by molar-refractivity contribution is 5.84. The number of aromatic amines is 1. The van der Waals surface area contributed by atoms with E-state index in [0.29, 0.717) is 18.0 Å². The Balaban J connectivity index is 1.84. The normalized spacial score (nSPS) is 19.0. The van der Waals surface area contributed by atoms with Gasteiger partial charge in [0.15, 0.2) is 0 Å². The molecule has 0 amide bonds. The topological polar surface area (TPSA) is 59.9 Å². The van der Waals surface area contributed by atoms with E-state index in [1.807, 2.05) is 24.4 Å². The van der Waals surface area contributed by atoms with Crippen molar-refractivity contribution in [2.75, 3.05) is 6.54 Å². The summed E-state index contributed by atoms with van der Waals surface area (Å²) in [7, 11) is 0. The van der Waals surface area contributed by atoms with Gasteiger partial charge in [0.25, 0.3) is 0 Å². The van der Waals surface area contributed by atoms with E-state index in [0.717, 1.165) is 36.8 Å². The quantitative estimate of drug-likeness (QED) is 0.937. The maximum absolute atomic E-state index is 11.4. The fourth-order valence-corrected chi connectivity index (χ4v) is 3.26. The van der Waals surface area contributed by atoms with Crippen molar-refractivity contribution in [1.29, 1.82) is 5.26 Å². The zero-order valence-electron chi connectivity index (χ0n) is 12.2. The van der Waals surface area contributed by atoms with Crippen molar-refractivity contribution in [2.24, 2.45) is 0 Å². The Labute approximate surface area is 124 Å². The summed E-state index contributed by atoms with van der Waals surface area (Å²) < 4.78 is 0. The van der Waals surface area contributed by atoms with Crippen LogP contribution in [-0.2, 0) is 11.3 Å². The molecule has 2 heterocycles. The highest BCUT2D eigenvalue weighted by Crippen LogP contribution is 2.26. The summed E-state index contributed by atoms with van der Waals surface area (Å²) in [5.74, 6) is 0.262. The smallest absolute Gasteiger partial charge is 0.131 e. The molecule has 0 saturated carbocycles. The molecule has 1 unspecified atom stereocenters. The molecule has 1 fully saturated rings. The van der Waals surface area contributed by atoms with Crippen LogP contribution in [0.3, 0.4) is 0 Å². The second-order valence-corrected chi connectivity index (χ2v) is 5.86. The minimum Gasteiger partial charge on any atom is -0.361 e. The molecular formula is C17H19N3O. The van der Waals surface area contributed by atoms with Crippen LogP contribution in [0.15, 0.2) is 24.4 Å². The molecule has 1 aromatic heterocycles.